The number of nitrogens with zero attached hydrogens (tertiary/aromatic N) is 1. The van der Waals surface area contributed by atoms with E-state index in [1.807, 2.05) is 31.2 Å². The van der Waals surface area contributed by atoms with Crippen LogP contribution in [-0.2, 0) is 0 Å². The minimum Gasteiger partial charge on any atom is -0.261 e. The smallest absolute Gasteiger partial charge is 0.0700 e. The molecule has 1 aromatic rings. The van der Waals surface area contributed by atoms with Crippen LogP contribution >= 0.6 is 11.6 Å². The highest BCUT2D eigenvalue weighted by molar-refractivity contribution is 6.30. The lowest BCUT2D eigenvalue weighted by molar-refractivity contribution is 1.20. The molecule has 0 aliphatic rings. The maximum atomic E-state index is 5.99. The molecular weight excluding hydrogens is 230 g/mol. The van der Waals surface area contributed by atoms with Gasteiger partial charge in [-0.05, 0) is 38.5 Å². The van der Waals surface area contributed by atoms with Crippen LogP contribution in [-0.4, -0.2) is 6.21 Å². The summed E-state index contributed by atoms with van der Waals surface area (Å²) in [5.41, 5.74) is 3.20. The lowest BCUT2D eigenvalue weighted by atomic mass is 10.1. The number of rotatable bonds is 4. The Kier molecular flexibility index (Phi) is 5.71. The molecule has 2 heteroatoms. The van der Waals surface area contributed by atoms with Crippen LogP contribution in [0.1, 0.15) is 32.8 Å². The first kappa shape index (κ1) is 13.7. The number of halogens is 1. The van der Waals surface area contributed by atoms with Gasteiger partial charge >= 0.3 is 0 Å². The maximum Gasteiger partial charge on any atom is 0.0700 e. The fraction of sp³-hybridized carbons (Fsp3) is 0.267. The van der Waals surface area contributed by atoms with Gasteiger partial charge in [-0.3, -0.25) is 4.99 Å². The van der Waals surface area contributed by atoms with Gasteiger partial charge in [-0.2, -0.15) is 0 Å². The van der Waals surface area contributed by atoms with E-state index < -0.39 is 0 Å². The normalized spacial score (nSPS) is 13.4. The van der Waals surface area contributed by atoms with E-state index in [9.17, 15) is 0 Å². The summed E-state index contributed by atoms with van der Waals surface area (Å²) in [6.07, 6.45) is 7.08. The number of hydrogen-bond acceptors (Lipinski definition) is 1. The largest absolute Gasteiger partial charge is 0.261 e. The Bertz CT molecular complexity index is 456. The average Bonchev–Trinajstić information content (AvgIpc) is 2.29. The van der Waals surface area contributed by atoms with E-state index in [2.05, 4.69) is 31.0 Å². The van der Waals surface area contributed by atoms with Crippen LogP contribution in [0.2, 0.25) is 5.02 Å². The van der Waals surface area contributed by atoms with E-state index in [1.54, 1.807) is 6.21 Å². The Morgan fingerprint density at radius 2 is 2.18 bits per heavy atom. The van der Waals surface area contributed by atoms with Crippen molar-refractivity contribution in [3.05, 3.63) is 52.6 Å². The van der Waals surface area contributed by atoms with E-state index in [4.69, 9.17) is 11.6 Å². The molecular formula is C15H18ClN. The van der Waals surface area contributed by atoms with E-state index in [-0.39, 0.29) is 0 Å². The summed E-state index contributed by atoms with van der Waals surface area (Å²) in [7, 11) is 0. The van der Waals surface area contributed by atoms with Gasteiger partial charge in [-0.25, -0.2) is 0 Å². The molecule has 0 unspecified atom stereocenters. The second-order valence-corrected chi connectivity index (χ2v) is 4.22. The first-order valence-electron chi connectivity index (χ1n) is 5.80. The number of allylic oxidation sites excluding steroid dienone is 3. The predicted molar refractivity (Wildman–Crippen MR) is 77.6 cm³/mol. The SMILES string of the molecule is C\C=N/C(=C\C(C)=C\CC)c1cccc(Cl)c1. The number of hydrogen-bond donors (Lipinski definition) is 0. The van der Waals surface area contributed by atoms with Crippen LogP contribution in [0.15, 0.2) is 47.0 Å². The molecule has 90 valence electrons. The molecule has 17 heavy (non-hydrogen) atoms. The standard InChI is InChI=1S/C15H18ClN/c1-4-7-12(3)10-15(17-5-2)13-8-6-9-14(16)11-13/h5-11H,4H2,1-3H3/b12-7+,15-10-,17-5-. The van der Waals surface area contributed by atoms with E-state index >= 15 is 0 Å². The first-order valence-corrected chi connectivity index (χ1v) is 6.18. The summed E-state index contributed by atoms with van der Waals surface area (Å²) >= 11 is 5.99. The van der Waals surface area contributed by atoms with Crippen LogP contribution in [0.25, 0.3) is 5.70 Å². The van der Waals surface area contributed by atoms with Crippen LogP contribution < -0.4 is 0 Å². The van der Waals surface area contributed by atoms with Gasteiger partial charge in [0.1, 0.15) is 0 Å². The van der Waals surface area contributed by atoms with Gasteiger partial charge in [0.15, 0.2) is 0 Å². The molecule has 0 bridgehead atoms. The van der Waals surface area contributed by atoms with E-state index in [1.165, 1.54) is 5.57 Å². The van der Waals surface area contributed by atoms with Gasteiger partial charge in [-0.1, -0.05) is 42.3 Å². The second-order valence-electron chi connectivity index (χ2n) is 3.78. The zero-order valence-corrected chi connectivity index (χ0v) is 11.3. The Morgan fingerprint density at radius 1 is 1.41 bits per heavy atom. The Balaban J connectivity index is 3.14. The summed E-state index contributed by atoms with van der Waals surface area (Å²) in [5.74, 6) is 0. The van der Waals surface area contributed by atoms with Crippen molar-refractivity contribution >= 4 is 23.5 Å². The fourth-order valence-electron chi connectivity index (χ4n) is 1.58. The fourth-order valence-corrected chi connectivity index (χ4v) is 1.77. The van der Waals surface area contributed by atoms with Crippen LogP contribution in [0.5, 0.6) is 0 Å². The summed E-state index contributed by atoms with van der Waals surface area (Å²) in [4.78, 5) is 4.39. The van der Waals surface area contributed by atoms with Gasteiger partial charge < -0.3 is 0 Å². The lowest BCUT2D eigenvalue weighted by Crippen LogP contribution is -1.83. The van der Waals surface area contributed by atoms with Gasteiger partial charge in [0.05, 0.1) is 5.70 Å². The van der Waals surface area contributed by atoms with Crippen molar-refractivity contribution in [1.29, 1.82) is 0 Å². The molecule has 0 radical (unpaired) electrons. The lowest BCUT2D eigenvalue weighted by Gasteiger charge is -2.03. The Morgan fingerprint density at radius 3 is 2.76 bits per heavy atom. The minimum atomic E-state index is 0.733. The molecule has 0 saturated carbocycles. The third-order valence-electron chi connectivity index (χ3n) is 2.28. The van der Waals surface area contributed by atoms with Crippen molar-refractivity contribution in [3.63, 3.8) is 0 Å². The Hall–Kier alpha value is -1.34. The minimum absolute atomic E-state index is 0.733. The van der Waals surface area contributed by atoms with Crippen LogP contribution in [0, 0.1) is 0 Å². The zero-order valence-electron chi connectivity index (χ0n) is 10.6. The molecule has 0 aliphatic heterocycles. The van der Waals surface area contributed by atoms with Gasteiger partial charge in [-0.15, -0.1) is 0 Å². The number of benzene rings is 1. The van der Waals surface area contributed by atoms with Crippen molar-refractivity contribution in [2.75, 3.05) is 0 Å². The zero-order chi connectivity index (χ0) is 12.7. The molecule has 0 amide bonds. The molecule has 1 aromatic carbocycles. The molecule has 0 spiro atoms. The molecule has 1 rings (SSSR count). The maximum absolute atomic E-state index is 5.99. The quantitative estimate of drug-likeness (QED) is 0.517. The summed E-state index contributed by atoms with van der Waals surface area (Å²) in [6, 6.07) is 7.76. The molecule has 0 heterocycles. The van der Waals surface area contributed by atoms with Crippen molar-refractivity contribution in [3.8, 4) is 0 Å². The molecule has 0 aliphatic carbocycles. The molecule has 0 saturated heterocycles. The average molecular weight is 248 g/mol. The third-order valence-corrected chi connectivity index (χ3v) is 2.51. The van der Waals surface area contributed by atoms with Gasteiger partial charge in [0.2, 0.25) is 0 Å². The van der Waals surface area contributed by atoms with Crippen LogP contribution in [0.3, 0.4) is 0 Å². The summed E-state index contributed by atoms with van der Waals surface area (Å²) in [6.45, 7) is 6.12. The number of aliphatic imine (C=N–C) groups is 1. The van der Waals surface area contributed by atoms with Crippen molar-refractivity contribution < 1.29 is 0 Å². The highest BCUT2D eigenvalue weighted by Crippen LogP contribution is 2.21. The van der Waals surface area contributed by atoms with E-state index in [0.29, 0.717) is 0 Å². The topological polar surface area (TPSA) is 12.4 Å². The van der Waals surface area contributed by atoms with Crippen LogP contribution in [0.4, 0.5) is 0 Å². The monoisotopic (exact) mass is 247 g/mol. The highest BCUT2D eigenvalue weighted by atomic mass is 35.5. The van der Waals surface area contributed by atoms with E-state index in [0.717, 1.165) is 22.7 Å². The summed E-state index contributed by atoms with van der Waals surface area (Å²) < 4.78 is 0. The first-order chi connectivity index (χ1) is 8.17. The van der Waals surface area contributed by atoms with Crippen molar-refractivity contribution in [2.24, 2.45) is 4.99 Å². The van der Waals surface area contributed by atoms with Gasteiger partial charge in [0, 0.05) is 16.8 Å². The van der Waals surface area contributed by atoms with Crippen molar-refractivity contribution in [1.82, 2.24) is 0 Å². The molecule has 0 N–H and O–H groups in total. The molecule has 0 fully saturated rings. The highest BCUT2D eigenvalue weighted by Gasteiger charge is 2.00. The Labute approximate surface area is 109 Å². The predicted octanol–water partition coefficient (Wildman–Crippen LogP) is 5.13. The van der Waals surface area contributed by atoms with Crippen molar-refractivity contribution in [2.45, 2.75) is 27.2 Å². The second kappa shape index (κ2) is 7.08. The van der Waals surface area contributed by atoms with Gasteiger partial charge in [0.25, 0.3) is 0 Å². The summed E-state index contributed by atoms with van der Waals surface area (Å²) in [5, 5.41) is 0.733. The molecule has 1 nitrogen and oxygen atoms in total. The molecule has 0 atom stereocenters. The molecule has 0 aromatic heterocycles. The third kappa shape index (κ3) is 4.58.